The van der Waals surface area contributed by atoms with Crippen LogP contribution in [0.5, 0.6) is 0 Å². The van der Waals surface area contributed by atoms with E-state index in [2.05, 4.69) is 49.3 Å². The quantitative estimate of drug-likeness (QED) is 0.716. The van der Waals surface area contributed by atoms with E-state index in [4.69, 9.17) is 4.42 Å². The van der Waals surface area contributed by atoms with Crippen molar-refractivity contribution in [2.45, 2.75) is 31.1 Å². The number of hydrogen-bond acceptors (Lipinski definition) is 1. The zero-order valence-corrected chi connectivity index (χ0v) is 12.2. The van der Waals surface area contributed by atoms with Crippen LogP contribution in [-0.2, 0) is 0 Å². The number of fused-ring (bicyclic) bond motifs is 1. The molecule has 0 N–H and O–H groups in total. The van der Waals surface area contributed by atoms with Gasteiger partial charge in [-0.3, -0.25) is 0 Å². The molecule has 0 unspecified atom stereocenters. The van der Waals surface area contributed by atoms with Crippen LogP contribution in [0.4, 0.5) is 0 Å². The van der Waals surface area contributed by atoms with Gasteiger partial charge in [-0.05, 0) is 0 Å². The van der Waals surface area contributed by atoms with E-state index in [0.717, 1.165) is 11.3 Å². The molecule has 0 aliphatic carbocycles. The van der Waals surface area contributed by atoms with Gasteiger partial charge in [0.2, 0.25) is 0 Å². The third-order valence-corrected chi connectivity index (χ3v) is 7.23. The second-order valence-electron chi connectivity index (χ2n) is 5.22. The van der Waals surface area contributed by atoms with Crippen molar-refractivity contribution in [2.75, 3.05) is 0 Å². The summed E-state index contributed by atoms with van der Waals surface area (Å²) in [4.78, 5) is 0. The Morgan fingerprint density at radius 1 is 1.07 bits per heavy atom. The predicted octanol–water partition coefficient (Wildman–Crippen LogP) is 3.59. The molecule has 1 aromatic carbocycles. The molecule has 0 bridgehead atoms. The fourth-order valence-electron chi connectivity index (χ4n) is 1.95. The Morgan fingerprint density at radius 2 is 1.73 bits per heavy atom. The van der Waals surface area contributed by atoms with Gasteiger partial charge >= 0.3 is 93.7 Å². The Hall–Kier alpha value is -0.697. The van der Waals surface area contributed by atoms with Gasteiger partial charge in [-0.2, -0.15) is 0 Å². The zero-order valence-electron chi connectivity index (χ0n) is 10.1. The Balaban J connectivity index is 2.83. The summed E-state index contributed by atoms with van der Waals surface area (Å²) in [7, 11) is 0. The third-order valence-electron chi connectivity index (χ3n) is 3.01. The molecule has 0 fully saturated rings. The van der Waals surface area contributed by atoms with Crippen LogP contribution in [0.1, 0.15) is 11.3 Å². The van der Waals surface area contributed by atoms with Crippen molar-refractivity contribution in [2.24, 2.45) is 0 Å². The van der Waals surface area contributed by atoms with Crippen LogP contribution in [0.2, 0.25) is 17.3 Å². The summed E-state index contributed by atoms with van der Waals surface area (Å²) < 4.78 is 7.38. The van der Waals surface area contributed by atoms with E-state index in [-0.39, 0.29) is 0 Å². The van der Waals surface area contributed by atoms with Gasteiger partial charge in [0.1, 0.15) is 0 Å². The molecule has 2 heteroatoms. The first-order valence-corrected chi connectivity index (χ1v) is 12.7. The van der Waals surface area contributed by atoms with Gasteiger partial charge in [-0.25, -0.2) is 0 Å². The number of para-hydroxylation sites is 1. The molecule has 0 aliphatic heterocycles. The minimum absolute atomic E-state index is 1.06. The van der Waals surface area contributed by atoms with Crippen LogP contribution in [-0.4, -0.2) is 13.3 Å². The molecule has 15 heavy (non-hydrogen) atoms. The van der Waals surface area contributed by atoms with E-state index in [0.29, 0.717) is 0 Å². The second-order valence-corrected chi connectivity index (χ2v) is 15.8. The first kappa shape index (κ1) is 10.8. The summed E-state index contributed by atoms with van der Waals surface area (Å²) in [6.07, 6.45) is 0. The van der Waals surface area contributed by atoms with Gasteiger partial charge in [0.05, 0.1) is 0 Å². The molecule has 0 amide bonds. The second kappa shape index (κ2) is 3.41. The molecule has 0 spiro atoms. The first-order chi connectivity index (χ1) is 6.91. The summed E-state index contributed by atoms with van der Waals surface area (Å²) in [6.45, 7) is 4.19. The Kier molecular flexibility index (Phi) is 2.46. The number of hydrogen-bond donors (Lipinski definition) is 0. The van der Waals surface area contributed by atoms with Crippen molar-refractivity contribution in [3.63, 3.8) is 0 Å². The monoisotopic (exact) mass is 264 g/mol. The predicted molar refractivity (Wildman–Crippen MR) is 68.7 cm³/mol. The van der Waals surface area contributed by atoms with Crippen LogP contribution >= 0.6 is 0 Å². The van der Waals surface area contributed by atoms with Gasteiger partial charge < -0.3 is 0 Å². The van der Waals surface area contributed by atoms with Crippen LogP contribution in [0.25, 0.3) is 11.0 Å². The molecule has 0 saturated heterocycles. The van der Waals surface area contributed by atoms with Gasteiger partial charge in [0, 0.05) is 0 Å². The van der Waals surface area contributed by atoms with E-state index < -0.39 is 13.3 Å². The standard InChI is InChI=1S/C13H18GeO/c1-9-10(2)15-13-11(9)7-6-8-12(13)14(3,4)5/h6-8H,1-5H3. The fraction of sp³-hybridized carbons (Fsp3) is 0.385. The minimum atomic E-state index is -1.80. The molecule has 0 radical (unpaired) electrons. The SMILES string of the molecule is Cc1oc2[c]([Ge]([CH3])([CH3])[CH3])cccc2c1C. The van der Waals surface area contributed by atoms with Crippen molar-refractivity contribution in [1.82, 2.24) is 0 Å². The Labute approximate surface area is 93.8 Å². The average molecular weight is 263 g/mol. The van der Waals surface area contributed by atoms with Gasteiger partial charge in [0.25, 0.3) is 0 Å². The van der Waals surface area contributed by atoms with Gasteiger partial charge in [0.15, 0.2) is 0 Å². The molecule has 0 aliphatic rings. The summed E-state index contributed by atoms with van der Waals surface area (Å²) in [5, 5.41) is 1.30. The van der Waals surface area contributed by atoms with Crippen LogP contribution in [0, 0.1) is 13.8 Å². The maximum atomic E-state index is 5.90. The fourth-order valence-corrected chi connectivity index (χ4v) is 5.02. The molecular weight excluding hydrogens is 245 g/mol. The van der Waals surface area contributed by atoms with E-state index in [9.17, 15) is 0 Å². The van der Waals surface area contributed by atoms with E-state index >= 15 is 0 Å². The average Bonchev–Trinajstić information content (AvgIpc) is 2.41. The number of rotatable bonds is 1. The van der Waals surface area contributed by atoms with Gasteiger partial charge in [-0.15, -0.1) is 0 Å². The zero-order chi connectivity index (χ0) is 11.2. The van der Waals surface area contributed by atoms with Crippen molar-refractivity contribution in [1.29, 1.82) is 0 Å². The molecular formula is C13H18GeO. The van der Waals surface area contributed by atoms with Crippen molar-refractivity contribution < 1.29 is 4.42 Å². The molecule has 2 aromatic rings. The molecule has 1 nitrogen and oxygen atoms in total. The van der Waals surface area contributed by atoms with Crippen LogP contribution in [0.15, 0.2) is 22.6 Å². The molecule has 0 saturated carbocycles. The summed E-state index contributed by atoms with van der Waals surface area (Å²) in [6, 6.07) is 6.57. The molecule has 1 aromatic heterocycles. The molecule has 80 valence electrons. The van der Waals surface area contributed by atoms with Gasteiger partial charge in [-0.1, -0.05) is 0 Å². The van der Waals surface area contributed by atoms with Crippen molar-refractivity contribution in [3.8, 4) is 0 Å². The summed E-state index contributed by atoms with van der Waals surface area (Å²) in [5.74, 6) is 8.27. The van der Waals surface area contributed by atoms with Crippen LogP contribution < -0.4 is 4.40 Å². The van der Waals surface area contributed by atoms with E-state index in [1.54, 1.807) is 0 Å². The normalized spacial score (nSPS) is 12.3. The van der Waals surface area contributed by atoms with Crippen molar-refractivity contribution >= 4 is 28.6 Å². The molecule has 2 rings (SSSR count). The van der Waals surface area contributed by atoms with Crippen molar-refractivity contribution in [3.05, 3.63) is 29.5 Å². The Bertz CT molecular complexity index is 503. The summed E-state index contributed by atoms with van der Waals surface area (Å²) in [5.41, 5.74) is 2.43. The van der Waals surface area contributed by atoms with Crippen LogP contribution in [0.3, 0.4) is 0 Å². The maximum absolute atomic E-state index is 5.90. The van der Waals surface area contributed by atoms with E-state index in [1.807, 2.05) is 0 Å². The topological polar surface area (TPSA) is 13.1 Å². The third kappa shape index (κ3) is 1.73. The first-order valence-electron chi connectivity index (χ1n) is 5.40. The molecule has 0 atom stereocenters. The summed E-state index contributed by atoms with van der Waals surface area (Å²) >= 11 is -1.80. The van der Waals surface area contributed by atoms with E-state index in [1.165, 1.54) is 15.3 Å². The number of furan rings is 1. The number of benzene rings is 1. The number of aryl methyl sites for hydroxylation is 2. The Morgan fingerprint density at radius 3 is 2.33 bits per heavy atom. The molecule has 1 heterocycles.